The van der Waals surface area contributed by atoms with E-state index in [0.717, 1.165) is 16.5 Å². The van der Waals surface area contributed by atoms with E-state index < -0.39 is 9.84 Å². The number of amides is 1. The maximum atomic E-state index is 13.4. The summed E-state index contributed by atoms with van der Waals surface area (Å²) in [7, 11) is -3.33. The van der Waals surface area contributed by atoms with Crippen molar-refractivity contribution in [1.82, 2.24) is 9.97 Å². The van der Waals surface area contributed by atoms with Crippen molar-refractivity contribution in [3.8, 4) is 11.3 Å². The van der Waals surface area contributed by atoms with Crippen LogP contribution in [0.3, 0.4) is 0 Å². The topological polar surface area (TPSA) is 89.0 Å². The zero-order valence-electron chi connectivity index (χ0n) is 20.4. The Kier molecular flexibility index (Phi) is 5.89. The Bertz CT molecular complexity index is 1730. The van der Waals surface area contributed by atoms with Gasteiger partial charge in [0.25, 0.3) is 5.91 Å². The second-order valence-electron chi connectivity index (χ2n) is 9.77. The van der Waals surface area contributed by atoms with Gasteiger partial charge in [0.1, 0.15) is 0 Å². The highest BCUT2D eigenvalue weighted by molar-refractivity contribution is 7.90. The normalized spacial score (nSPS) is 12.2. The number of fused-ring (bicyclic) bond motifs is 2. The number of aromatic nitrogens is 2. The van der Waals surface area contributed by atoms with Crippen LogP contribution >= 0.6 is 11.3 Å². The smallest absolute Gasteiger partial charge is 0.258 e. The number of hydrogen-bond acceptors (Lipinski definition) is 6. The summed E-state index contributed by atoms with van der Waals surface area (Å²) in [5.74, 6) is -0.302. The number of sulfone groups is 1. The number of para-hydroxylation sites is 1. The summed E-state index contributed by atoms with van der Waals surface area (Å²) in [5.41, 5.74) is 4.74. The first kappa shape index (κ1) is 24.1. The lowest BCUT2D eigenvalue weighted by Gasteiger charge is -2.19. The molecular weight excluding hydrogens is 490 g/mol. The molecular formula is C28H25N3O3S2. The minimum atomic E-state index is -3.33. The van der Waals surface area contributed by atoms with Crippen molar-refractivity contribution in [3.63, 3.8) is 0 Å². The maximum Gasteiger partial charge on any atom is 0.258 e. The lowest BCUT2D eigenvalue weighted by molar-refractivity contribution is 0.102. The van der Waals surface area contributed by atoms with E-state index in [9.17, 15) is 13.2 Å². The van der Waals surface area contributed by atoms with Crippen LogP contribution in [-0.2, 0) is 15.3 Å². The van der Waals surface area contributed by atoms with Gasteiger partial charge in [0, 0.05) is 17.2 Å². The second kappa shape index (κ2) is 8.80. The molecule has 1 amide bonds. The first-order valence-electron chi connectivity index (χ1n) is 11.4. The lowest BCUT2D eigenvalue weighted by Crippen LogP contribution is -2.13. The van der Waals surface area contributed by atoms with Crippen molar-refractivity contribution < 1.29 is 13.2 Å². The summed E-state index contributed by atoms with van der Waals surface area (Å²) >= 11 is 1.24. The van der Waals surface area contributed by atoms with Crippen LogP contribution in [0.1, 0.15) is 36.7 Å². The summed E-state index contributed by atoms with van der Waals surface area (Å²) in [4.78, 5) is 22.9. The third kappa shape index (κ3) is 4.74. The summed E-state index contributed by atoms with van der Waals surface area (Å²) in [5, 5.41) is 4.04. The van der Waals surface area contributed by atoms with Gasteiger partial charge < -0.3 is 0 Å². The fourth-order valence-electron chi connectivity index (χ4n) is 4.01. The molecule has 182 valence electrons. The Morgan fingerprint density at radius 1 is 0.889 bits per heavy atom. The molecule has 0 aliphatic carbocycles. The van der Waals surface area contributed by atoms with Crippen molar-refractivity contribution in [3.05, 3.63) is 83.9 Å². The number of anilines is 1. The van der Waals surface area contributed by atoms with Crippen LogP contribution in [0.15, 0.2) is 77.7 Å². The molecule has 3 aromatic carbocycles. The molecule has 0 fully saturated rings. The van der Waals surface area contributed by atoms with Crippen LogP contribution in [0.25, 0.3) is 32.4 Å². The van der Waals surface area contributed by atoms with Gasteiger partial charge in [0.05, 0.1) is 31.9 Å². The summed E-state index contributed by atoms with van der Waals surface area (Å²) in [6.07, 6.45) is 1.17. The summed E-state index contributed by atoms with van der Waals surface area (Å²) in [6.45, 7) is 6.51. The predicted molar refractivity (Wildman–Crippen MR) is 147 cm³/mol. The summed E-state index contributed by atoms with van der Waals surface area (Å²) < 4.78 is 24.5. The fraction of sp³-hybridized carbons (Fsp3) is 0.179. The van der Waals surface area contributed by atoms with Crippen LogP contribution in [0, 0.1) is 0 Å². The highest BCUT2D eigenvalue weighted by Crippen LogP contribution is 2.31. The van der Waals surface area contributed by atoms with Crippen LogP contribution in [0.5, 0.6) is 0 Å². The largest absolute Gasteiger partial charge is 0.298 e. The minimum Gasteiger partial charge on any atom is -0.298 e. The fourth-order valence-corrected chi connectivity index (χ4v) is 5.63. The van der Waals surface area contributed by atoms with E-state index in [1.54, 1.807) is 18.2 Å². The molecule has 5 aromatic rings. The minimum absolute atomic E-state index is 0.0414. The molecule has 0 saturated carbocycles. The third-order valence-corrected chi connectivity index (χ3v) is 8.06. The van der Waals surface area contributed by atoms with Crippen molar-refractivity contribution in [2.45, 2.75) is 31.1 Å². The van der Waals surface area contributed by atoms with Gasteiger partial charge >= 0.3 is 0 Å². The molecule has 6 nitrogen and oxygen atoms in total. The number of nitrogens with zero attached hydrogens (tertiary/aromatic N) is 2. The Morgan fingerprint density at radius 3 is 2.31 bits per heavy atom. The van der Waals surface area contributed by atoms with Crippen molar-refractivity contribution >= 4 is 53.3 Å². The van der Waals surface area contributed by atoms with Gasteiger partial charge in [0.15, 0.2) is 15.0 Å². The lowest BCUT2D eigenvalue weighted by atomic mass is 9.86. The number of nitrogens with one attached hydrogen (secondary N) is 1. The van der Waals surface area contributed by atoms with Crippen molar-refractivity contribution in [1.29, 1.82) is 0 Å². The molecule has 1 N–H and O–H groups in total. The average molecular weight is 516 g/mol. The van der Waals surface area contributed by atoms with E-state index in [1.807, 2.05) is 36.4 Å². The maximum absolute atomic E-state index is 13.4. The molecule has 0 spiro atoms. The van der Waals surface area contributed by atoms with E-state index in [1.165, 1.54) is 29.2 Å². The Labute approximate surface area is 214 Å². The number of benzene rings is 3. The molecule has 0 aliphatic heterocycles. The number of carbonyl (C=O) groups is 1. The number of thiazole rings is 1. The molecule has 0 radical (unpaired) electrons. The average Bonchev–Trinajstić information content (AvgIpc) is 3.23. The molecule has 0 bridgehead atoms. The van der Waals surface area contributed by atoms with E-state index in [0.29, 0.717) is 26.6 Å². The zero-order valence-corrected chi connectivity index (χ0v) is 22.0. The molecule has 36 heavy (non-hydrogen) atoms. The zero-order chi connectivity index (χ0) is 25.7. The number of carbonyl (C=O) groups excluding carboxylic acids is 1. The molecule has 0 aliphatic rings. The quantitative estimate of drug-likeness (QED) is 0.296. The Morgan fingerprint density at radius 2 is 1.61 bits per heavy atom. The van der Waals surface area contributed by atoms with Crippen molar-refractivity contribution in [2.75, 3.05) is 11.6 Å². The van der Waals surface area contributed by atoms with Crippen LogP contribution in [0.2, 0.25) is 0 Å². The predicted octanol–water partition coefficient (Wildman–Crippen LogP) is 6.46. The molecule has 8 heteroatoms. The Balaban J connectivity index is 1.52. The molecule has 0 saturated heterocycles. The molecule has 5 rings (SSSR count). The monoisotopic (exact) mass is 515 g/mol. The third-order valence-electron chi connectivity index (χ3n) is 6.02. The van der Waals surface area contributed by atoms with Gasteiger partial charge in [-0.1, -0.05) is 74.6 Å². The van der Waals surface area contributed by atoms with Gasteiger partial charge in [-0.3, -0.25) is 10.1 Å². The van der Waals surface area contributed by atoms with Gasteiger partial charge in [-0.2, -0.15) is 0 Å². The van der Waals surface area contributed by atoms with E-state index in [4.69, 9.17) is 4.98 Å². The van der Waals surface area contributed by atoms with E-state index in [-0.39, 0.29) is 16.2 Å². The summed E-state index contributed by atoms with van der Waals surface area (Å²) in [6, 6.07) is 22.4. The second-order valence-corrected chi connectivity index (χ2v) is 12.8. The van der Waals surface area contributed by atoms with E-state index in [2.05, 4.69) is 43.2 Å². The number of pyridine rings is 1. The number of hydrogen-bond donors (Lipinski definition) is 1. The molecule has 0 atom stereocenters. The highest BCUT2D eigenvalue weighted by atomic mass is 32.2. The first-order valence-corrected chi connectivity index (χ1v) is 14.1. The Hall–Kier alpha value is -3.62. The van der Waals surface area contributed by atoms with E-state index >= 15 is 0 Å². The molecule has 2 heterocycles. The van der Waals surface area contributed by atoms with Crippen LogP contribution in [0.4, 0.5) is 5.13 Å². The SMILES string of the molecule is CC(C)(C)c1ccc(-c2cc(C(=O)Nc3nc4ccc(S(C)(=O)=O)cc4s3)c3ccccc3n2)cc1. The van der Waals surface area contributed by atoms with Gasteiger partial charge in [-0.05, 0) is 41.3 Å². The van der Waals surface area contributed by atoms with Crippen molar-refractivity contribution in [2.24, 2.45) is 0 Å². The first-order chi connectivity index (χ1) is 17.0. The standard InChI is InChI=1S/C28H25N3O3S2/c1-28(2,3)18-11-9-17(10-12-18)24-16-21(20-7-5-6-8-22(20)29-24)26(32)31-27-30-23-14-13-19(36(4,33)34)15-25(23)35-27/h5-16H,1-4H3,(H,30,31,32). The van der Waals surface area contributed by atoms with Gasteiger partial charge in [0.2, 0.25) is 0 Å². The van der Waals surface area contributed by atoms with Crippen LogP contribution < -0.4 is 5.32 Å². The molecule has 2 aromatic heterocycles. The van der Waals surface area contributed by atoms with Gasteiger partial charge in [-0.25, -0.2) is 18.4 Å². The van der Waals surface area contributed by atoms with Gasteiger partial charge in [-0.15, -0.1) is 0 Å². The highest BCUT2D eigenvalue weighted by Gasteiger charge is 2.18. The van der Waals surface area contributed by atoms with Crippen LogP contribution in [-0.4, -0.2) is 30.5 Å². The number of rotatable bonds is 4. The molecule has 0 unspecified atom stereocenters.